The summed E-state index contributed by atoms with van der Waals surface area (Å²) in [4.78, 5) is 28.2. The molecule has 1 aromatic heterocycles. The smallest absolute Gasteiger partial charge is 0.305 e. The minimum Gasteiger partial charge on any atom is -0.469 e. The van der Waals surface area contributed by atoms with Crippen molar-refractivity contribution in [3.63, 3.8) is 0 Å². The number of fused-ring (bicyclic) bond motifs is 3. The lowest BCUT2D eigenvalue weighted by Gasteiger charge is -2.14. The van der Waals surface area contributed by atoms with Gasteiger partial charge in [-0.05, 0) is 37.3 Å². The first-order chi connectivity index (χ1) is 17.0. The van der Waals surface area contributed by atoms with Crippen molar-refractivity contribution in [3.05, 3.63) is 74.6 Å². The summed E-state index contributed by atoms with van der Waals surface area (Å²) in [5.74, 6) is 1.81. The number of thioether (sulfide) groups is 1. The molecular weight excluding hydrogens is 490 g/mol. The standard InChI is InChI=1S/C24H22ClN5O4S/c1-34-21(31)11-9-19-23-27-28-24(35-13-14-6-7-14)29(23)20-10-8-15(30(32)33)12-17(20)22(26-19)16-4-2-3-5-18(16)25/h2-5,8,10,12,14,19H,6-7,9,11,13H2,1H3/t19-/m0/s1. The van der Waals surface area contributed by atoms with Crippen molar-refractivity contribution in [1.29, 1.82) is 0 Å². The number of aromatic nitrogens is 3. The van der Waals surface area contributed by atoms with Gasteiger partial charge >= 0.3 is 5.97 Å². The molecule has 180 valence electrons. The third-order valence-corrected chi connectivity index (χ3v) is 7.54. The maximum absolute atomic E-state index is 12.0. The van der Waals surface area contributed by atoms with Gasteiger partial charge < -0.3 is 4.74 Å². The Hall–Kier alpha value is -3.24. The van der Waals surface area contributed by atoms with Crippen LogP contribution in [0.1, 0.15) is 48.7 Å². The Morgan fingerprint density at radius 1 is 1.23 bits per heavy atom. The van der Waals surface area contributed by atoms with Gasteiger partial charge in [-0.1, -0.05) is 41.6 Å². The van der Waals surface area contributed by atoms with E-state index in [4.69, 9.17) is 21.3 Å². The molecule has 0 bridgehead atoms. The summed E-state index contributed by atoms with van der Waals surface area (Å²) in [6.45, 7) is 0. The third kappa shape index (κ3) is 4.81. The fourth-order valence-electron chi connectivity index (χ4n) is 4.02. The highest BCUT2D eigenvalue weighted by atomic mass is 35.5. The number of benzene rings is 2. The fraction of sp³-hybridized carbons (Fsp3) is 0.333. The second-order valence-electron chi connectivity index (χ2n) is 8.48. The number of nitro groups is 1. The summed E-state index contributed by atoms with van der Waals surface area (Å²) in [6, 6.07) is 11.4. The Morgan fingerprint density at radius 2 is 2.03 bits per heavy atom. The van der Waals surface area contributed by atoms with Crippen LogP contribution >= 0.6 is 23.4 Å². The van der Waals surface area contributed by atoms with Gasteiger partial charge in [0.25, 0.3) is 5.69 Å². The highest BCUT2D eigenvalue weighted by molar-refractivity contribution is 7.99. The zero-order valence-electron chi connectivity index (χ0n) is 18.9. The minimum absolute atomic E-state index is 0.0571. The van der Waals surface area contributed by atoms with Gasteiger partial charge in [0.15, 0.2) is 11.0 Å². The molecule has 0 N–H and O–H groups in total. The fourth-order valence-corrected chi connectivity index (χ4v) is 5.38. The number of non-ortho nitro benzene ring substituents is 1. The van der Waals surface area contributed by atoms with Gasteiger partial charge in [-0.25, -0.2) is 0 Å². The molecule has 2 aliphatic rings. The lowest BCUT2D eigenvalue weighted by molar-refractivity contribution is -0.384. The summed E-state index contributed by atoms with van der Waals surface area (Å²) in [5.41, 5.74) is 2.34. The molecule has 11 heteroatoms. The molecule has 1 aliphatic carbocycles. The lowest BCUT2D eigenvalue weighted by atomic mass is 9.99. The molecule has 0 unspecified atom stereocenters. The Morgan fingerprint density at radius 3 is 2.74 bits per heavy atom. The molecule has 2 aromatic carbocycles. The molecule has 0 radical (unpaired) electrons. The Labute approximate surface area is 210 Å². The average molecular weight is 512 g/mol. The molecule has 0 saturated heterocycles. The van der Waals surface area contributed by atoms with Crippen LogP contribution < -0.4 is 0 Å². The molecule has 0 amide bonds. The number of carbonyl (C=O) groups excluding carboxylic acids is 1. The number of ether oxygens (including phenoxy) is 1. The van der Waals surface area contributed by atoms with E-state index >= 15 is 0 Å². The normalized spacial score (nSPS) is 16.6. The molecule has 5 rings (SSSR count). The topological polar surface area (TPSA) is 113 Å². The summed E-state index contributed by atoms with van der Waals surface area (Å²) in [6.07, 6.45) is 2.88. The zero-order valence-corrected chi connectivity index (χ0v) is 20.5. The quantitative estimate of drug-likeness (QED) is 0.177. The van der Waals surface area contributed by atoms with Crippen LogP contribution in [-0.4, -0.2) is 44.2 Å². The first-order valence-corrected chi connectivity index (χ1v) is 12.6. The molecule has 1 atom stereocenters. The van der Waals surface area contributed by atoms with Crippen molar-refractivity contribution in [2.75, 3.05) is 12.9 Å². The molecule has 0 spiro atoms. The van der Waals surface area contributed by atoms with Gasteiger partial charge in [0.2, 0.25) is 0 Å². The van der Waals surface area contributed by atoms with Crippen LogP contribution in [0.2, 0.25) is 5.02 Å². The summed E-state index contributed by atoms with van der Waals surface area (Å²) >= 11 is 8.17. The second-order valence-corrected chi connectivity index (χ2v) is 9.87. The van der Waals surface area contributed by atoms with Gasteiger partial charge in [-0.15, -0.1) is 10.2 Å². The summed E-state index contributed by atoms with van der Waals surface area (Å²) in [5, 5.41) is 21.7. The number of esters is 1. The first-order valence-electron chi connectivity index (χ1n) is 11.2. The number of nitro benzene ring substituents is 1. The Bertz CT molecular complexity index is 1340. The number of hydrogen-bond donors (Lipinski definition) is 0. The molecular formula is C24H22ClN5O4S. The van der Waals surface area contributed by atoms with Crippen molar-refractivity contribution < 1.29 is 14.5 Å². The molecule has 1 saturated carbocycles. The van der Waals surface area contributed by atoms with Gasteiger partial charge in [0.05, 0.1) is 23.4 Å². The largest absolute Gasteiger partial charge is 0.469 e. The van der Waals surface area contributed by atoms with Crippen molar-refractivity contribution in [1.82, 2.24) is 14.8 Å². The predicted octanol–water partition coefficient (Wildman–Crippen LogP) is 5.18. The van der Waals surface area contributed by atoms with Crippen LogP contribution in [0.3, 0.4) is 0 Å². The molecule has 1 aliphatic heterocycles. The minimum atomic E-state index is -0.533. The van der Waals surface area contributed by atoms with Crippen molar-refractivity contribution in [2.24, 2.45) is 10.9 Å². The maximum atomic E-state index is 12.0. The van der Waals surface area contributed by atoms with Gasteiger partial charge in [-0.3, -0.25) is 24.5 Å². The molecule has 9 nitrogen and oxygen atoms in total. The van der Waals surface area contributed by atoms with E-state index in [9.17, 15) is 14.9 Å². The van der Waals surface area contributed by atoms with Crippen LogP contribution in [0.4, 0.5) is 5.69 Å². The van der Waals surface area contributed by atoms with Gasteiger partial charge in [-0.2, -0.15) is 0 Å². The monoisotopic (exact) mass is 511 g/mol. The van der Waals surface area contributed by atoms with Crippen LogP contribution in [-0.2, 0) is 9.53 Å². The number of aliphatic imine (C=N–C) groups is 1. The van der Waals surface area contributed by atoms with E-state index in [1.807, 2.05) is 22.8 Å². The molecule has 1 fully saturated rings. The Balaban J connectivity index is 1.71. The maximum Gasteiger partial charge on any atom is 0.305 e. The Kier molecular flexibility index (Phi) is 6.57. The molecule has 3 aromatic rings. The number of hydrogen-bond acceptors (Lipinski definition) is 8. The summed E-state index contributed by atoms with van der Waals surface area (Å²) in [7, 11) is 1.35. The van der Waals surface area contributed by atoms with Crippen LogP contribution in [0.25, 0.3) is 5.69 Å². The van der Waals surface area contributed by atoms with Crippen molar-refractivity contribution in [3.8, 4) is 5.69 Å². The first kappa shape index (κ1) is 23.5. The van der Waals surface area contributed by atoms with E-state index < -0.39 is 11.0 Å². The lowest BCUT2D eigenvalue weighted by Crippen LogP contribution is -2.09. The van der Waals surface area contributed by atoms with Crippen molar-refractivity contribution >= 4 is 40.7 Å². The van der Waals surface area contributed by atoms with E-state index in [0.29, 0.717) is 50.9 Å². The number of carbonyl (C=O) groups is 1. The highest BCUT2D eigenvalue weighted by Crippen LogP contribution is 2.40. The predicted molar refractivity (Wildman–Crippen MR) is 133 cm³/mol. The zero-order chi connectivity index (χ0) is 24.5. The van der Waals surface area contributed by atoms with Crippen molar-refractivity contribution in [2.45, 2.75) is 36.9 Å². The van der Waals surface area contributed by atoms with E-state index in [2.05, 4.69) is 10.2 Å². The number of methoxy groups -OCH3 is 1. The number of nitrogens with zero attached hydrogens (tertiary/aromatic N) is 5. The molecule has 35 heavy (non-hydrogen) atoms. The van der Waals surface area contributed by atoms with E-state index in [-0.39, 0.29) is 18.1 Å². The SMILES string of the molecule is COC(=O)CC[C@@H]1N=C(c2ccccc2Cl)c2cc([N+](=O)[O-])ccc2-n2c(SCC3CC3)nnc21. The van der Waals surface area contributed by atoms with Gasteiger partial charge in [0, 0.05) is 40.5 Å². The number of rotatable bonds is 8. The van der Waals surface area contributed by atoms with Crippen LogP contribution in [0.5, 0.6) is 0 Å². The van der Waals surface area contributed by atoms with E-state index in [1.54, 1.807) is 23.9 Å². The van der Waals surface area contributed by atoms with E-state index in [0.717, 1.165) is 5.75 Å². The third-order valence-electron chi connectivity index (χ3n) is 6.05. The second kappa shape index (κ2) is 9.79. The van der Waals surface area contributed by atoms with Gasteiger partial charge in [0.1, 0.15) is 6.04 Å². The average Bonchev–Trinajstić information content (AvgIpc) is 3.62. The van der Waals surface area contributed by atoms with E-state index in [1.165, 1.54) is 32.1 Å². The van der Waals surface area contributed by atoms with Crippen LogP contribution in [0, 0.1) is 16.0 Å². The number of halogens is 1. The molecule has 2 heterocycles. The summed E-state index contributed by atoms with van der Waals surface area (Å²) < 4.78 is 6.76. The van der Waals surface area contributed by atoms with Crippen LogP contribution in [0.15, 0.2) is 52.6 Å². The highest BCUT2D eigenvalue weighted by Gasteiger charge is 2.32.